The summed E-state index contributed by atoms with van der Waals surface area (Å²) in [6, 6.07) is 0. The SMILES string of the molecule is CCCc1nc(CSc2n[nH]c(CCC3CCCC3)n2)cs1. The predicted octanol–water partition coefficient (Wildman–Crippen LogP) is 4.63. The van der Waals surface area contributed by atoms with Crippen LogP contribution in [0.3, 0.4) is 0 Å². The lowest BCUT2D eigenvalue weighted by Gasteiger charge is -2.05. The molecule has 0 aliphatic heterocycles. The molecule has 0 radical (unpaired) electrons. The number of thiazole rings is 1. The standard InChI is InChI=1S/C16H24N4S2/c1-2-5-15-17-13(10-21-15)11-22-16-18-14(19-20-16)9-8-12-6-3-4-7-12/h10,12H,2-9,11H2,1H3,(H,18,19,20). The fourth-order valence-corrected chi connectivity index (χ4v) is 4.69. The maximum absolute atomic E-state index is 4.64. The summed E-state index contributed by atoms with van der Waals surface area (Å²) in [4.78, 5) is 9.24. The molecule has 0 aromatic carbocycles. The lowest BCUT2D eigenvalue weighted by molar-refractivity contribution is 0.497. The second-order valence-electron chi connectivity index (χ2n) is 6.03. The molecule has 22 heavy (non-hydrogen) atoms. The minimum Gasteiger partial charge on any atom is -0.262 e. The summed E-state index contributed by atoms with van der Waals surface area (Å²) in [7, 11) is 0. The van der Waals surface area contributed by atoms with Crippen LogP contribution in [0, 0.1) is 5.92 Å². The summed E-state index contributed by atoms with van der Waals surface area (Å²) in [5, 5.41) is 11.7. The summed E-state index contributed by atoms with van der Waals surface area (Å²) in [5.41, 5.74) is 1.15. The fourth-order valence-electron chi connectivity index (χ4n) is 2.98. The van der Waals surface area contributed by atoms with Crippen LogP contribution >= 0.6 is 23.1 Å². The second kappa shape index (κ2) is 8.11. The summed E-state index contributed by atoms with van der Waals surface area (Å²) in [5.74, 6) is 2.81. The number of aromatic nitrogens is 4. The number of hydrogen-bond donors (Lipinski definition) is 1. The monoisotopic (exact) mass is 336 g/mol. The van der Waals surface area contributed by atoms with Gasteiger partial charge in [-0.3, -0.25) is 5.10 Å². The Hall–Kier alpha value is -0.880. The molecule has 0 atom stereocenters. The van der Waals surface area contributed by atoms with E-state index in [0.29, 0.717) is 0 Å². The van der Waals surface area contributed by atoms with Crippen molar-refractivity contribution in [3.63, 3.8) is 0 Å². The number of aromatic amines is 1. The molecule has 1 saturated carbocycles. The third-order valence-corrected chi connectivity index (χ3v) is 6.03. The van der Waals surface area contributed by atoms with Crippen molar-refractivity contribution in [2.45, 2.75) is 69.2 Å². The molecule has 1 fully saturated rings. The minimum atomic E-state index is 0.853. The van der Waals surface area contributed by atoms with Crippen LogP contribution in [-0.4, -0.2) is 20.2 Å². The first kappa shape index (κ1) is 16.0. The van der Waals surface area contributed by atoms with Gasteiger partial charge in [-0.15, -0.1) is 16.4 Å². The Kier molecular flexibility index (Phi) is 5.89. The highest BCUT2D eigenvalue weighted by atomic mass is 32.2. The van der Waals surface area contributed by atoms with Crippen molar-refractivity contribution in [3.05, 3.63) is 21.9 Å². The smallest absolute Gasteiger partial charge is 0.208 e. The van der Waals surface area contributed by atoms with Crippen molar-refractivity contribution in [2.24, 2.45) is 5.92 Å². The normalized spacial score (nSPS) is 15.7. The number of aryl methyl sites for hydroxylation is 2. The molecule has 0 unspecified atom stereocenters. The van der Waals surface area contributed by atoms with E-state index < -0.39 is 0 Å². The van der Waals surface area contributed by atoms with Gasteiger partial charge >= 0.3 is 0 Å². The largest absolute Gasteiger partial charge is 0.262 e. The fraction of sp³-hybridized carbons (Fsp3) is 0.688. The molecular weight excluding hydrogens is 312 g/mol. The molecule has 2 aromatic rings. The van der Waals surface area contributed by atoms with Crippen molar-refractivity contribution in [3.8, 4) is 0 Å². The van der Waals surface area contributed by atoms with Crippen molar-refractivity contribution in [2.75, 3.05) is 0 Å². The van der Waals surface area contributed by atoms with Crippen molar-refractivity contribution in [1.82, 2.24) is 20.2 Å². The van der Waals surface area contributed by atoms with Gasteiger partial charge in [0.1, 0.15) is 5.82 Å². The van der Waals surface area contributed by atoms with Gasteiger partial charge in [-0.05, 0) is 25.2 Å². The van der Waals surface area contributed by atoms with E-state index in [1.54, 1.807) is 23.1 Å². The number of rotatable bonds is 8. The number of nitrogens with zero attached hydrogens (tertiary/aromatic N) is 3. The molecule has 120 valence electrons. The third-order valence-electron chi connectivity index (χ3n) is 4.19. The van der Waals surface area contributed by atoms with Crippen LogP contribution in [0.2, 0.25) is 0 Å². The molecule has 1 aliphatic carbocycles. The van der Waals surface area contributed by atoms with Gasteiger partial charge < -0.3 is 0 Å². The Morgan fingerprint density at radius 1 is 1.27 bits per heavy atom. The summed E-state index contributed by atoms with van der Waals surface area (Å²) >= 11 is 3.44. The van der Waals surface area contributed by atoms with Gasteiger partial charge in [0.15, 0.2) is 0 Å². The third kappa shape index (κ3) is 4.56. The maximum Gasteiger partial charge on any atom is 0.208 e. The van der Waals surface area contributed by atoms with Gasteiger partial charge in [0.2, 0.25) is 5.16 Å². The van der Waals surface area contributed by atoms with Crippen LogP contribution in [0.15, 0.2) is 10.5 Å². The van der Waals surface area contributed by atoms with Gasteiger partial charge in [0, 0.05) is 17.6 Å². The Morgan fingerprint density at radius 3 is 2.95 bits per heavy atom. The Morgan fingerprint density at radius 2 is 2.14 bits per heavy atom. The quantitative estimate of drug-likeness (QED) is 0.714. The maximum atomic E-state index is 4.64. The zero-order chi connectivity index (χ0) is 15.2. The molecule has 0 spiro atoms. The molecule has 0 bridgehead atoms. The van der Waals surface area contributed by atoms with E-state index in [1.165, 1.54) is 37.1 Å². The summed E-state index contributed by atoms with van der Waals surface area (Å²) in [6.45, 7) is 2.19. The first-order chi connectivity index (χ1) is 10.8. The highest BCUT2D eigenvalue weighted by Crippen LogP contribution is 2.28. The molecule has 2 aromatic heterocycles. The molecule has 1 aliphatic rings. The van der Waals surface area contributed by atoms with Crippen molar-refractivity contribution in [1.29, 1.82) is 0 Å². The van der Waals surface area contributed by atoms with Crippen LogP contribution < -0.4 is 0 Å². The topological polar surface area (TPSA) is 54.5 Å². The number of thioether (sulfide) groups is 1. The second-order valence-corrected chi connectivity index (χ2v) is 7.91. The summed E-state index contributed by atoms with van der Waals surface area (Å²) < 4.78 is 0. The number of H-pyrrole nitrogens is 1. The van der Waals surface area contributed by atoms with E-state index in [-0.39, 0.29) is 0 Å². The van der Waals surface area contributed by atoms with E-state index in [1.807, 2.05) is 0 Å². The van der Waals surface area contributed by atoms with Crippen molar-refractivity contribution < 1.29 is 0 Å². The van der Waals surface area contributed by atoms with Crippen LogP contribution in [0.5, 0.6) is 0 Å². The van der Waals surface area contributed by atoms with E-state index in [2.05, 4.69) is 32.5 Å². The molecule has 2 heterocycles. The predicted molar refractivity (Wildman–Crippen MR) is 92.3 cm³/mol. The number of hydrogen-bond acceptors (Lipinski definition) is 5. The average Bonchev–Trinajstić information content (AvgIpc) is 3.26. The molecule has 0 amide bonds. The molecule has 1 N–H and O–H groups in total. The minimum absolute atomic E-state index is 0.853. The van der Waals surface area contributed by atoms with Gasteiger partial charge in [-0.2, -0.15) is 0 Å². The van der Waals surface area contributed by atoms with E-state index in [0.717, 1.165) is 47.6 Å². The zero-order valence-electron chi connectivity index (χ0n) is 13.2. The van der Waals surface area contributed by atoms with Gasteiger partial charge in [-0.25, -0.2) is 9.97 Å². The lowest BCUT2D eigenvalue weighted by Crippen LogP contribution is -1.97. The highest BCUT2D eigenvalue weighted by Gasteiger charge is 2.15. The van der Waals surface area contributed by atoms with Crippen LogP contribution in [0.4, 0.5) is 0 Å². The highest BCUT2D eigenvalue weighted by molar-refractivity contribution is 7.98. The van der Waals surface area contributed by atoms with Gasteiger partial charge in [0.25, 0.3) is 0 Å². The van der Waals surface area contributed by atoms with Crippen LogP contribution in [0.25, 0.3) is 0 Å². The van der Waals surface area contributed by atoms with Gasteiger partial charge in [0.05, 0.1) is 10.7 Å². The summed E-state index contributed by atoms with van der Waals surface area (Å²) in [6.07, 6.45) is 10.2. The van der Waals surface area contributed by atoms with E-state index >= 15 is 0 Å². The first-order valence-electron chi connectivity index (χ1n) is 8.31. The Balaban J connectivity index is 1.44. The van der Waals surface area contributed by atoms with E-state index in [9.17, 15) is 0 Å². The number of nitrogens with one attached hydrogen (secondary N) is 1. The average molecular weight is 337 g/mol. The Bertz CT molecular complexity index is 572. The van der Waals surface area contributed by atoms with E-state index in [4.69, 9.17) is 0 Å². The first-order valence-corrected chi connectivity index (χ1v) is 10.2. The molecular formula is C16H24N4S2. The van der Waals surface area contributed by atoms with Crippen LogP contribution in [0.1, 0.15) is 62.0 Å². The zero-order valence-corrected chi connectivity index (χ0v) is 14.8. The Labute approximate surface area is 140 Å². The molecule has 3 rings (SSSR count). The molecule has 4 nitrogen and oxygen atoms in total. The lowest BCUT2D eigenvalue weighted by atomic mass is 10.0. The van der Waals surface area contributed by atoms with Gasteiger partial charge in [-0.1, -0.05) is 44.4 Å². The van der Waals surface area contributed by atoms with Crippen molar-refractivity contribution >= 4 is 23.1 Å². The molecule has 6 heteroatoms. The molecule has 0 saturated heterocycles. The van der Waals surface area contributed by atoms with Crippen LogP contribution in [-0.2, 0) is 18.6 Å².